The molecule has 18 rings (SSSR count). The smallest absolute Gasteiger partial charge is 0.394 e. The van der Waals surface area contributed by atoms with Gasteiger partial charge in [-0.25, -0.2) is 8.78 Å². The molecule has 746 valence electrons. The molecule has 0 radical (unpaired) electrons. The van der Waals surface area contributed by atoms with Gasteiger partial charge in [-0.3, -0.25) is 58.3 Å². The number of amides is 8. The molecule has 0 spiro atoms. The molecular formula is C119H104F4N12O13. The number of alkyl halides is 4. The number of nitrogens with one attached hydrogen (secondary N) is 8. The molecule has 29 heteroatoms. The van der Waals surface area contributed by atoms with Gasteiger partial charge in [0, 0.05) is 114 Å². The molecule has 4 aromatic heterocycles. The Hall–Kier alpha value is -18.5. The summed E-state index contributed by atoms with van der Waals surface area (Å²) in [5, 5.41) is 69.0. The van der Waals surface area contributed by atoms with Gasteiger partial charge < -0.3 is 67.7 Å². The number of rotatable bonds is 29. The molecule has 4 atom stereocenters. The van der Waals surface area contributed by atoms with Crippen molar-refractivity contribution < 1.29 is 81.1 Å². The number of aromatic nitrogens is 4. The van der Waals surface area contributed by atoms with E-state index >= 15 is 0 Å². The first kappa shape index (κ1) is 104. The Bertz CT molecular complexity index is 7940. The number of carbonyl (C=O) groups excluding carboxylic acids is 8. The summed E-state index contributed by atoms with van der Waals surface area (Å²) >= 11 is 0. The van der Waals surface area contributed by atoms with E-state index in [9.17, 15) is 76.3 Å². The highest BCUT2D eigenvalue weighted by Gasteiger charge is 2.30. The monoisotopic (exact) mass is 1980 g/mol. The van der Waals surface area contributed by atoms with Crippen LogP contribution < -0.4 is 47.3 Å². The Morgan fingerprint density at radius 2 is 0.615 bits per heavy atom. The maximum atomic E-state index is 13.8. The summed E-state index contributed by atoms with van der Waals surface area (Å²) < 4.78 is 58.0. The highest BCUT2D eigenvalue weighted by Crippen LogP contribution is 2.38. The fraction of sp³-hybridized carbons (Fsp3) is 0.143. The molecule has 0 aliphatic heterocycles. The third-order valence-electron chi connectivity index (χ3n) is 24.2. The molecular weight excluding hydrogens is 1880 g/mol. The summed E-state index contributed by atoms with van der Waals surface area (Å²) in [6, 6.07) is 97.7. The van der Waals surface area contributed by atoms with Gasteiger partial charge in [-0.15, -0.1) is 0 Å². The summed E-state index contributed by atoms with van der Waals surface area (Å²) in [5.41, 5.74) is 14.7. The Morgan fingerprint density at radius 1 is 0.297 bits per heavy atom. The van der Waals surface area contributed by atoms with Gasteiger partial charge in [0.25, 0.3) is 29.6 Å². The second-order valence-corrected chi connectivity index (χ2v) is 35.4. The number of carbonyl (C=O) groups is 8. The second kappa shape index (κ2) is 47.6. The molecule has 8 amide bonds. The topological polar surface area (TPSA) is 375 Å². The van der Waals surface area contributed by atoms with E-state index in [0.29, 0.717) is 93.0 Å². The summed E-state index contributed by atoms with van der Waals surface area (Å²) in [5.74, 6) is -5.80. The SMILES string of the molecule is CC(NC(=O)c1cccc(-c2cc(O)c3ncccc3c2)c1)C(=O)NCCc1cccc2ccccc12.CC(NC(=O)c1cccc(-c2cc(O)c3ncccc3c2)c1)C(=O)NCc1ccc(OC(C)(F)F)cc1.CC(NC(=O)c1cccc(-c2cc(O)c3ncccc3c2)c1)C(=O)NCc1cccc(-c2ccccc2)c1.CC(NC(=O)c1cccc(-c2cc(O)c3ncccc3c2)c1)C(=O)NCc1ccccc1C(C)(F)F. The predicted octanol–water partition coefficient (Wildman–Crippen LogP) is 21.1. The van der Waals surface area contributed by atoms with Gasteiger partial charge >= 0.3 is 6.11 Å². The first-order valence-electron chi connectivity index (χ1n) is 47.5. The van der Waals surface area contributed by atoms with Gasteiger partial charge in [-0.2, -0.15) is 8.78 Å². The summed E-state index contributed by atoms with van der Waals surface area (Å²) in [7, 11) is 0. The van der Waals surface area contributed by atoms with Crippen LogP contribution in [0.15, 0.2) is 365 Å². The Morgan fingerprint density at radius 3 is 1.01 bits per heavy atom. The molecule has 0 saturated heterocycles. The number of halogens is 4. The summed E-state index contributed by atoms with van der Waals surface area (Å²) in [4.78, 5) is 119. The molecule has 25 nitrogen and oxygen atoms in total. The molecule has 0 bridgehead atoms. The molecule has 0 aliphatic rings. The fourth-order valence-corrected chi connectivity index (χ4v) is 16.6. The van der Waals surface area contributed by atoms with E-state index in [0.717, 1.165) is 78.5 Å². The van der Waals surface area contributed by atoms with Gasteiger partial charge in [0.1, 0.15) is 75.0 Å². The third kappa shape index (κ3) is 27.3. The standard InChI is InChI=1S/C32H27N3O3.C31H27N3O3.C28H25F2N3O4.C28H25F2N3O3/c1-21(31(37)34-20-22-8-5-11-24(16-22)23-9-3-2-4-10-23)35-32(38)27-13-6-12-25(17-27)28-18-26-14-7-15-33-30(26)29(36)19-28;1-20(30(36)33-16-14-22-9-4-8-21-7-2-3-13-27(21)22)34-31(37)25-11-5-10-23(17-25)26-18-24-12-6-15-32-29(24)28(35)19-26;1-17(26(35)32-16-18-8-10-23(11-9-18)37-28(2,29)30)33-27(36)21-6-3-5-19(13-21)22-14-20-7-4-12-31-25(20)24(34)15-22;1-17(26(35)32-16-21-7-3-4-11-23(21)28(2,29)30)33-27(36)20-9-5-8-18(13-20)22-14-19-10-6-12-31-25(19)24(34)15-22/h2-19,21,36H,20H2,1H3,(H,34,37)(H,35,38);2-13,15,17-20,35H,14,16H2,1H3,(H,33,36)(H,34,37);3-15,17,34H,16H2,1-2H3,(H,32,35)(H,33,36);3-15,17,34H,16H2,1-2H3,(H,32,35)(H,33,36). The molecule has 14 aromatic carbocycles. The first-order valence-corrected chi connectivity index (χ1v) is 47.5. The van der Waals surface area contributed by atoms with E-state index in [4.69, 9.17) is 0 Å². The van der Waals surface area contributed by atoms with Crippen LogP contribution in [0.2, 0.25) is 0 Å². The van der Waals surface area contributed by atoms with Crippen molar-refractivity contribution in [3.05, 3.63) is 415 Å². The Labute approximate surface area is 849 Å². The van der Waals surface area contributed by atoms with Crippen molar-refractivity contribution in [1.82, 2.24) is 62.5 Å². The lowest BCUT2D eigenvalue weighted by atomic mass is 10.0. The van der Waals surface area contributed by atoms with Crippen LogP contribution in [-0.2, 0) is 51.2 Å². The van der Waals surface area contributed by atoms with Crippen LogP contribution >= 0.6 is 0 Å². The van der Waals surface area contributed by atoms with Crippen molar-refractivity contribution in [3.63, 3.8) is 0 Å². The molecule has 148 heavy (non-hydrogen) atoms. The van der Waals surface area contributed by atoms with E-state index in [-0.39, 0.29) is 71.0 Å². The lowest BCUT2D eigenvalue weighted by Crippen LogP contribution is -2.45. The fourth-order valence-electron chi connectivity index (χ4n) is 16.6. The number of phenols is 4. The van der Waals surface area contributed by atoms with Gasteiger partial charge in [0.2, 0.25) is 23.6 Å². The maximum absolute atomic E-state index is 13.8. The number of pyridine rings is 4. The molecule has 4 unspecified atom stereocenters. The molecule has 0 fully saturated rings. The Balaban J connectivity index is 0.000000148. The molecule has 18 aromatic rings. The minimum Gasteiger partial charge on any atom is -0.506 e. The number of phenolic OH excluding ortho intramolecular Hbond substituents is 4. The van der Waals surface area contributed by atoms with Gasteiger partial charge in [0.05, 0.1) is 0 Å². The minimum atomic E-state index is -3.28. The number of nitrogens with zero attached hydrogens (tertiary/aromatic N) is 4. The van der Waals surface area contributed by atoms with Gasteiger partial charge in [-0.05, 0) is 262 Å². The number of ether oxygens (including phenoxy) is 1. The van der Waals surface area contributed by atoms with Crippen LogP contribution in [-0.4, -0.2) is 124 Å². The zero-order valence-electron chi connectivity index (χ0n) is 81.2. The van der Waals surface area contributed by atoms with Gasteiger partial charge in [0.15, 0.2) is 0 Å². The molecule has 0 saturated carbocycles. The van der Waals surface area contributed by atoms with Crippen LogP contribution in [0.25, 0.3) is 110 Å². The molecule has 12 N–H and O–H groups in total. The summed E-state index contributed by atoms with van der Waals surface area (Å²) in [6.45, 7) is 8.76. The highest BCUT2D eigenvalue weighted by molar-refractivity contribution is 6.03. The van der Waals surface area contributed by atoms with Crippen molar-refractivity contribution in [1.29, 1.82) is 0 Å². The maximum Gasteiger partial charge on any atom is 0.394 e. The zero-order chi connectivity index (χ0) is 105. The highest BCUT2D eigenvalue weighted by atomic mass is 19.3. The van der Waals surface area contributed by atoms with Crippen LogP contribution in [0, 0.1) is 0 Å². The average Bonchev–Trinajstić information content (AvgIpc) is 1.24. The third-order valence-corrected chi connectivity index (χ3v) is 24.2. The number of hydrogen-bond acceptors (Lipinski definition) is 17. The van der Waals surface area contributed by atoms with Gasteiger partial charge in [-0.1, -0.05) is 200 Å². The summed E-state index contributed by atoms with van der Waals surface area (Å²) in [6.07, 6.45) is 3.88. The number of aromatic hydroxyl groups is 4. The van der Waals surface area contributed by atoms with E-state index in [1.807, 2.05) is 158 Å². The van der Waals surface area contributed by atoms with Crippen molar-refractivity contribution in [3.8, 4) is 84.4 Å². The second-order valence-electron chi connectivity index (χ2n) is 35.4. The van der Waals surface area contributed by atoms with E-state index in [1.165, 1.54) is 53.6 Å². The quantitative estimate of drug-likeness (QED) is 0.0194. The minimum absolute atomic E-state index is 0.0148. The van der Waals surface area contributed by atoms with Crippen LogP contribution in [0.5, 0.6) is 28.7 Å². The van der Waals surface area contributed by atoms with Crippen LogP contribution in [0.1, 0.15) is 111 Å². The molecule has 0 aliphatic carbocycles. The zero-order valence-corrected chi connectivity index (χ0v) is 81.2. The van der Waals surface area contributed by atoms with Crippen molar-refractivity contribution in [2.45, 2.75) is 104 Å². The number of fused-ring (bicyclic) bond motifs is 5. The van der Waals surface area contributed by atoms with Crippen molar-refractivity contribution in [2.24, 2.45) is 0 Å². The molecule has 4 heterocycles. The number of hydrogen-bond donors (Lipinski definition) is 12. The lowest BCUT2D eigenvalue weighted by Gasteiger charge is -2.18. The first-order chi connectivity index (χ1) is 71.2. The van der Waals surface area contributed by atoms with Crippen molar-refractivity contribution >= 4 is 102 Å². The predicted molar refractivity (Wildman–Crippen MR) is 565 cm³/mol. The number of benzene rings is 14. The van der Waals surface area contributed by atoms with E-state index < -0.39 is 59.8 Å². The van der Waals surface area contributed by atoms with E-state index in [1.54, 1.807) is 173 Å². The Kier molecular flexibility index (Phi) is 33.4. The largest absolute Gasteiger partial charge is 0.506 e. The van der Waals surface area contributed by atoms with E-state index in [2.05, 4.69) is 91.5 Å². The normalized spacial score (nSPS) is 11.9. The average molecular weight is 1990 g/mol. The van der Waals surface area contributed by atoms with Crippen molar-refractivity contribution in [2.75, 3.05) is 6.54 Å². The lowest BCUT2D eigenvalue weighted by molar-refractivity contribution is -0.159. The van der Waals surface area contributed by atoms with Crippen LogP contribution in [0.4, 0.5) is 17.6 Å². The van der Waals surface area contributed by atoms with Crippen LogP contribution in [0.3, 0.4) is 0 Å².